The minimum absolute atomic E-state index is 0.199. The molecule has 0 fully saturated rings. The normalized spacial score (nSPS) is 16.6. The summed E-state index contributed by atoms with van der Waals surface area (Å²) in [6.07, 6.45) is 3.32. The van der Waals surface area contributed by atoms with Crippen molar-refractivity contribution in [2.75, 3.05) is 5.32 Å². The lowest BCUT2D eigenvalue weighted by atomic mass is 9.84. The Bertz CT molecular complexity index is 811. The number of aromatic nitrogens is 2. The Kier molecular flexibility index (Phi) is 4.53. The van der Waals surface area contributed by atoms with Crippen LogP contribution in [-0.4, -0.2) is 27.4 Å². The van der Waals surface area contributed by atoms with E-state index in [1.165, 1.54) is 6.92 Å². The van der Waals surface area contributed by atoms with Gasteiger partial charge < -0.3 is 5.32 Å². The highest BCUT2D eigenvalue weighted by atomic mass is 32.1. The number of Topliss-reactive ketones (excluding diaryl/α,β-unsaturated/α-hetero) is 2. The fraction of sp³-hybridized carbons (Fsp3) is 0.353. The molecule has 24 heavy (non-hydrogen) atoms. The van der Waals surface area contributed by atoms with Gasteiger partial charge in [-0.15, -0.1) is 0 Å². The number of ketones is 2. The van der Waals surface area contributed by atoms with Crippen LogP contribution in [0.4, 0.5) is 5.13 Å². The van der Waals surface area contributed by atoms with Crippen LogP contribution in [0.15, 0.2) is 18.3 Å². The van der Waals surface area contributed by atoms with Crippen LogP contribution in [0.5, 0.6) is 0 Å². The van der Waals surface area contributed by atoms with Crippen molar-refractivity contribution in [3.05, 3.63) is 40.2 Å². The van der Waals surface area contributed by atoms with Gasteiger partial charge in [-0.25, -0.2) is 4.98 Å². The topological polar surface area (TPSA) is 89.0 Å². The number of nitrogens with one attached hydrogen (secondary N) is 1. The first-order valence-corrected chi connectivity index (χ1v) is 8.62. The maximum atomic E-state index is 12.7. The van der Waals surface area contributed by atoms with Gasteiger partial charge in [0.2, 0.25) is 5.91 Å². The number of hydrogen-bond donors (Lipinski definition) is 1. The lowest BCUT2D eigenvalue weighted by Gasteiger charge is -2.18. The van der Waals surface area contributed by atoms with Crippen LogP contribution in [0, 0.1) is 5.92 Å². The second-order valence-corrected chi connectivity index (χ2v) is 6.69. The molecule has 0 spiro atoms. The van der Waals surface area contributed by atoms with Crippen molar-refractivity contribution in [1.29, 1.82) is 0 Å². The molecule has 124 valence electrons. The Labute approximate surface area is 143 Å². The van der Waals surface area contributed by atoms with E-state index >= 15 is 0 Å². The maximum absolute atomic E-state index is 12.7. The molecule has 1 amide bonds. The van der Waals surface area contributed by atoms with E-state index in [4.69, 9.17) is 0 Å². The third kappa shape index (κ3) is 3.12. The zero-order valence-corrected chi connectivity index (χ0v) is 14.3. The van der Waals surface area contributed by atoms with Crippen molar-refractivity contribution < 1.29 is 14.4 Å². The maximum Gasteiger partial charge on any atom is 0.223 e. The molecule has 6 nitrogen and oxygen atoms in total. The van der Waals surface area contributed by atoms with Crippen LogP contribution in [0.3, 0.4) is 0 Å². The molecule has 7 heteroatoms. The number of fused-ring (bicyclic) bond motifs is 1. The predicted octanol–water partition coefficient (Wildman–Crippen LogP) is 2.69. The van der Waals surface area contributed by atoms with Crippen LogP contribution in [-0.2, 0) is 17.6 Å². The van der Waals surface area contributed by atoms with Gasteiger partial charge in [-0.1, -0.05) is 18.3 Å². The molecule has 0 saturated carbocycles. The molecule has 2 aromatic heterocycles. The van der Waals surface area contributed by atoms with Crippen molar-refractivity contribution in [2.24, 2.45) is 5.92 Å². The Morgan fingerprint density at radius 3 is 2.79 bits per heavy atom. The zero-order valence-electron chi connectivity index (χ0n) is 13.5. The average molecular weight is 343 g/mol. The molecule has 0 radical (unpaired) electrons. The largest absolute Gasteiger partial charge is 0.302 e. The molecule has 3 rings (SSSR count). The molecular weight excluding hydrogens is 326 g/mol. The van der Waals surface area contributed by atoms with Gasteiger partial charge in [-0.3, -0.25) is 19.4 Å². The fourth-order valence-corrected chi connectivity index (χ4v) is 3.77. The van der Waals surface area contributed by atoms with Crippen LogP contribution >= 0.6 is 11.3 Å². The number of carbonyl (C=O) groups is 3. The zero-order chi connectivity index (χ0) is 17.3. The number of amides is 1. The van der Waals surface area contributed by atoms with Crippen LogP contribution < -0.4 is 5.32 Å². The lowest BCUT2D eigenvalue weighted by Crippen LogP contribution is -2.29. The summed E-state index contributed by atoms with van der Waals surface area (Å²) < 4.78 is 0. The molecule has 0 aromatic carbocycles. The highest BCUT2D eigenvalue weighted by Crippen LogP contribution is 2.33. The highest BCUT2D eigenvalue weighted by Gasteiger charge is 2.36. The first-order chi connectivity index (χ1) is 11.5. The fourth-order valence-electron chi connectivity index (χ4n) is 2.72. The summed E-state index contributed by atoms with van der Waals surface area (Å²) in [6.45, 7) is 3.38. The second kappa shape index (κ2) is 6.60. The number of rotatable bonds is 4. The molecule has 1 aliphatic carbocycles. The van der Waals surface area contributed by atoms with Crippen molar-refractivity contribution in [1.82, 2.24) is 9.97 Å². The highest BCUT2D eigenvalue weighted by molar-refractivity contribution is 7.17. The summed E-state index contributed by atoms with van der Waals surface area (Å²) in [4.78, 5) is 45.4. The second-order valence-electron chi connectivity index (χ2n) is 5.69. The monoisotopic (exact) mass is 343 g/mol. The molecular formula is C17H17N3O3S. The van der Waals surface area contributed by atoms with Gasteiger partial charge in [0, 0.05) is 24.4 Å². The van der Waals surface area contributed by atoms with Gasteiger partial charge in [0.15, 0.2) is 16.7 Å². The van der Waals surface area contributed by atoms with E-state index in [0.717, 1.165) is 23.5 Å². The number of nitrogens with zero attached hydrogens (tertiary/aromatic N) is 2. The number of pyridine rings is 1. The van der Waals surface area contributed by atoms with Gasteiger partial charge in [-0.2, -0.15) is 0 Å². The molecule has 0 bridgehead atoms. The van der Waals surface area contributed by atoms with E-state index in [0.29, 0.717) is 34.1 Å². The van der Waals surface area contributed by atoms with Gasteiger partial charge in [-0.05, 0) is 31.4 Å². The quantitative estimate of drug-likeness (QED) is 0.681. The minimum Gasteiger partial charge on any atom is -0.302 e. The van der Waals surface area contributed by atoms with Gasteiger partial charge >= 0.3 is 0 Å². The number of carbonyl (C=O) groups excluding carboxylic acids is 3. The number of aryl methyl sites for hydroxylation is 2. The molecule has 2 heterocycles. The van der Waals surface area contributed by atoms with E-state index in [-0.39, 0.29) is 17.5 Å². The summed E-state index contributed by atoms with van der Waals surface area (Å²) in [5, 5.41) is 3.00. The SMILES string of the molecule is CCc1ccc(C(=O)C2CCc3nc(NC(C)=O)sc3C2=O)cn1. The molecule has 2 aromatic rings. The van der Waals surface area contributed by atoms with Crippen molar-refractivity contribution in [3.63, 3.8) is 0 Å². The Morgan fingerprint density at radius 1 is 1.38 bits per heavy atom. The van der Waals surface area contributed by atoms with E-state index < -0.39 is 5.92 Å². The standard InChI is InChI=1S/C17H17N3O3S/c1-3-11-5-4-10(8-18-11)14(22)12-6-7-13-16(15(12)23)24-17(20-13)19-9(2)21/h4-5,8,12H,3,6-7H2,1-2H3,(H,19,20,21). The van der Waals surface area contributed by atoms with E-state index in [1.807, 2.05) is 13.0 Å². The van der Waals surface area contributed by atoms with Crippen LogP contribution in [0.2, 0.25) is 0 Å². The first-order valence-electron chi connectivity index (χ1n) is 7.80. The van der Waals surface area contributed by atoms with Gasteiger partial charge in [0.25, 0.3) is 0 Å². The van der Waals surface area contributed by atoms with E-state index in [2.05, 4.69) is 15.3 Å². The number of anilines is 1. The third-order valence-corrected chi connectivity index (χ3v) is 5.01. The van der Waals surface area contributed by atoms with Gasteiger partial charge in [0.1, 0.15) is 0 Å². The summed E-state index contributed by atoms with van der Waals surface area (Å²) in [5.41, 5.74) is 2.03. The Morgan fingerprint density at radius 2 is 2.17 bits per heavy atom. The summed E-state index contributed by atoms with van der Waals surface area (Å²) in [6, 6.07) is 3.54. The average Bonchev–Trinajstić information content (AvgIpc) is 2.97. The number of thiazole rings is 1. The molecule has 0 aliphatic heterocycles. The Balaban J connectivity index is 1.83. The van der Waals surface area contributed by atoms with Crippen molar-refractivity contribution in [3.8, 4) is 0 Å². The van der Waals surface area contributed by atoms with Crippen LogP contribution in [0.1, 0.15) is 51.7 Å². The summed E-state index contributed by atoms with van der Waals surface area (Å²) in [5.74, 6) is -1.34. The van der Waals surface area contributed by atoms with Gasteiger partial charge in [0.05, 0.1) is 16.5 Å². The molecule has 1 atom stereocenters. The van der Waals surface area contributed by atoms with E-state index in [9.17, 15) is 14.4 Å². The van der Waals surface area contributed by atoms with Crippen LogP contribution in [0.25, 0.3) is 0 Å². The number of hydrogen-bond acceptors (Lipinski definition) is 6. The van der Waals surface area contributed by atoms with Crippen molar-refractivity contribution >= 4 is 33.9 Å². The molecule has 1 aliphatic rings. The molecule has 0 saturated heterocycles. The smallest absolute Gasteiger partial charge is 0.223 e. The third-order valence-electron chi connectivity index (χ3n) is 3.98. The molecule has 1 unspecified atom stereocenters. The molecule has 1 N–H and O–H groups in total. The minimum atomic E-state index is -0.697. The summed E-state index contributed by atoms with van der Waals surface area (Å²) >= 11 is 1.13. The Hall–Kier alpha value is -2.41. The predicted molar refractivity (Wildman–Crippen MR) is 90.5 cm³/mol. The van der Waals surface area contributed by atoms with E-state index in [1.54, 1.807) is 12.3 Å². The summed E-state index contributed by atoms with van der Waals surface area (Å²) in [7, 11) is 0. The first kappa shape index (κ1) is 16.4. The van der Waals surface area contributed by atoms with Crippen molar-refractivity contribution in [2.45, 2.75) is 33.1 Å². The lowest BCUT2D eigenvalue weighted by molar-refractivity contribution is -0.114.